The van der Waals surface area contributed by atoms with Crippen LogP contribution in [0.1, 0.15) is 11.1 Å². The molecular weight excluding hydrogens is 152 g/mol. The van der Waals surface area contributed by atoms with Crippen molar-refractivity contribution in [3.63, 3.8) is 0 Å². The van der Waals surface area contributed by atoms with Gasteiger partial charge in [0.15, 0.2) is 0 Å². The molecule has 1 aromatic carbocycles. The number of aryl methyl sites for hydroxylation is 1. The molecule has 0 radical (unpaired) electrons. The highest BCUT2D eigenvalue weighted by Gasteiger charge is 2.07. The quantitative estimate of drug-likeness (QED) is 0.583. The van der Waals surface area contributed by atoms with Crippen molar-refractivity contribution in [1.29, 1.82) is 0 Å². The van der Waals surface area contributed by atoms with E-state index in [4.69, 9.17) is 9.47 Å². The lowest BCUT2D eigenvalue weighted by Crippen LogP contribution is -2.00. The van der Waals surface area contributed by atoms with Gasteiger partial charge in [0, 0.05) is 5.56 Å². The second-order valence-corrected chi connectivity index (χ2v) is 3.01. The third kappa shape index (κ3) is 1.43. The Morgan fingerprint density at radius 2 is 2.17 bits per heavy atom. The van der Waals surface area contributed by atoms with Crippen molar-refractivity contribution in [2.45, 2.75) is 13.5 Å². The van der Waals surface area contributed by atoms with Gasteiger partial charge in [-0.2, -0.15) is 0 Å². The van der Waals surface area contributed by atoms with Crippen molar-refractivity contribution in [2.24, 2.45) is 0 Å². The van der Waals surface area contributed by atoms with Gasteiger partial charge in [0.25, 0.3) is 0 Å². The Morgan fingerprint density at radius 1 is 1.25 bits per heavy atom. The smallest absolute Gasteiger partial charge is 0.124 e. The summed E-state index contributed by atoms with van der Waals surface area (Å²) in [5, 5.41) is 0. The van der Waals surface area contributed by atoms with Crippen molar-refractivity contribution in [1.82, 2.24) is 0 Å². The van der Waals surface area contributed by atoms with E-state index in [1.54, 1.807) is 0 Å². The highest BCUT2D eigenvalue weighted by atomic mass is 16.5. The van der Waals surface area contributed by atoms with E-state index in [0.29, 0.717) is 19.8 Å². The zero-order valence-electron chi connectivity index (χ0n) is 7.17. The second-order valence-electron chi connectivity index (χ2n) is 3.01. The lowest BCUT2D eigenvalue weighted by Gasteiger charge is -2.05. The Morgan fingerprint density at radius 3 is 3.08 bits per heavy atom. The predicted molar refractivity (Wildman–Crippen MR) is 46.3 cm³/mol. The third-order valence-electron chi connectivity index (χ3n) is 1.96. The van der Waals surface area contributed by atoms with Crippen molar-refractivity contribution in [3.8, 4) is 5.75 Å². The molecule has 0 unspecified atom stereocenters. The summed E-state index contributed by atoms with van der Waals surface area (Å²) < 4.78 is 10.8. The number of fused-ring (bicyclic) bond motifs is 1. The van der Waals surface area contributed by atoms with Gasteiger partial charge < -0.3 is 9.47 Å². The molecule has 12 heavy (non-hydrogen) atoms. The van der Waals surface area contributed by atoms with Crippen LogP contribution in [-0.4, -0.2) is 13.2 Å². The summed E-state index contributed by atoms with van der Waals surface area (Å²) in [5.41, 5.74) is 2.41. The minimum atomic E-state index is 0.663. The maximum Gasteiger partial charge on any atom is 0.124 e. The first-order valence-corrected chi connectivity index (χ1v) is 4.16. The third-order valence-corrected chi connectivity index (χ3v) is 1.96. The van der Waals surface area contributed by atoms with E-state index in [9.17, 15) is 0 Å². The van der Waals surface area contributed by atoms with E-state index in [0.717, 1.165) is 11.3 Å². The number of benzene rings is 1. The van der Waals surface area contributed by atoms with Crippen LogP contribution in [-0.2, 0) is 11.3 Å². The fourth-order valence-electron chi connectivity index (χ4n) is 1.35. The highest BCUT2D eigenvalue weighted by molar-refractivity contribution is 5.36. The van der Waals surface area contributed by atoms with Crippen LogP contribution in [0, 0.1) is 6.92 Å². The van der Waals surface area contributed by atoms with Crippen LogP contribution in [0.5, 0.6) is 5.75 Å². The number of hydrogen-bond acceptors (Lipinski definition) is 2. The first kappa shape index (κ1) is 7.62. The molecule has 0 amide bonds. The van der Waals surface area contributed by atoms with E-state index in [2.05, 4.69) is 19.1 Å². The van der Waals surface area contributed by atoms with Gasteiger partial charge in [0.2, 0.25) is 0 Å². The molecule has 0 aliphatic carbocycles. The highest BCUT2D eigenvalue weighted by Crippen LogP contribution is 2.22. The van der Waals surface area contributed by atoms with Crippen LogP contribution in [0.3, 0.4) is 0 Å². The van der Waals surface area contributed by atoms with Gasteiger partial charge in [-0.15, -0.1) is 0 Å². The molecule has 0 saturated carbocycles. The van der Waals surface area contributed by atoms with Crippen LogP contribution in [0.2, 0.25) is 0 Å². The maximum absolute atomic E-state index is 5.48. The molecule has 0 N–H and O–H groups in total. The van der Waals surface area contributed by atoms with Crippen molar-refractivity contribution >= 4 is 0 Å². The Labute approximate surface area is 72.1 Å². The molecule has 0 atom stereocenters. The van der Waals surface area contributed by atoms with Gasteiger partial charge in [-0.25, -0.2) is 0 Å². The average molecular weight is 164 g/mol. The monoisotopic (exact) mass is 164 g/mol. The first-order valence-electron chi connectivity index (χ1n) is 4.16. The summed E-state index contributed by atoms with van der Waals surface area (Å²) in [5.74, 6) is 0.970. The van der Waals surface area contributed by atoms with Gasteiger partial charge in [-0.3, -0.25) is 0 Å². The van der Waals surface area contributed by atoms with Crippen LogP contribution < -0.4 is 4.74 Å². The molecule has 0 bridgehead atoms. The van der Waals surface area contributed by atoms with E-state index >= 15 is 0 Å². The fraction of sp³-hybridized carbons (Fsp3) is 0.400. The summed E-state index contributed by atoms with van der Waals surface area (Å²) in [7, 11) is 0. The van der Waals surface area contributed by atoms with Crippen LogP contribution in [0.15, 0.2) is 18.2 Å². The zero-order chi connectivity index (χ0) is 8.39. The van der Waals surface area contributed by atoms with Crippen molar-refractivity contribution < 1.29 is 9.47 Å². The van der Waals surface area contributed by atoms with Gasteiger partial charge in [-0.1, -0.05) is 17.7 Å². The van der Waals surface area contributed by atoms with Crippen LogP contribution in [0.4, 0.5) is 0 Å². The molecule has 0 saturated heterocycles. The second kappa shape index (κ2) is 3.15. The standard InChI is InChI=1S/C10H12O2/c1-8-2-3-10-9(6-8)7-11-4-5-12-10/h2-3,6H,4-5,7H2,1H3. The molecule has 64 valence electrons. The average Bonchev–Trinajstić information content (AvgIpc) is 2.28. The molecule has 2 rings (SSSR count). The molecule has 1 heterocycles. The molecule has 1 aromatic rings. The predicted octanol–water partition coefficient (Wildman–Crippen LogP) is 1.90. The molecular formula is C10H12O2. The van der Waals surface area contributed by atoms with Crippen molar-refractivity contribution in [3.05, 3.63) is 29.3 Å². The van der Waals surface area contributed by atoms with E-state index in [1.165, 1.54) is 5.56 Å². The Kier molecular flexibility index (Phi) is 2.00. The number of rotatable bonds is 0. The number of hydrogen-bond donors (Lipinski definition) is 0. The van der Waals surface area contributed by atoms with Crippen LogP contribution >= 0.6 is 0 Å². The summed E-state index contributed by atoms with van der Waals surface area (Å²) >= 11 is 0. The van der Waals surface area contributed by atoms with Crippen LogP contribution in [0.25, 0.3) is 0 Å². The molecule has 1 aliphatic rings. The molecule has 0 aromatic heterocycles. The lowest BCUT2D eigenvalue weighted by molar-refractivity contribution is 0.107. The van der Waals surface area contributed by atoms with Crippen molar-refractivity contribution in [2.75, 3.05) is 13.2 Å². The summed E-state index contributed by atoms with van der Waals surface area (Å²) in [6, 6.07) is 6.18. The Balaban J connectivity index is 2.36. The minimum Gasteiger partial charge on any atom is -0.491 e. The van der Waals surface area contributed by atoms with Gasteiger partial charge in [0.05, 0.1) is 13.2 Å². The van der Waals surface area contributed by atoms with Gasteiger partial charge >= 0.3 is 0 Å². The number of ether oxygens (including phenoxy) is 2. The maximum atomic E-state index is 5.48. The molecule has 2 heteroatoms. The SMILES string of the molecule is Cc1ccc2c(c1)COCCO2. The Bertz CT molecular complexity index is 281. The Hall–Kier alpha value is -1.02. The summed E-state index contributed by atoms with van der Waals surface area (Å²) in [6.07, 6.45) is 0. The molecule has 0 spiro atoms. The van der Waals surface area contributed by atoms with Gasteiger partial charge in [-0.05, 0) is 13.0 Å². The topological polar surface area (TPSA) is 18.5 Å². The molecule has 1 aliphatic heterocycles. The van der Waals surface area contributed by atoms with E-state index in [-0.39, 0.29) is 0 Å². The van der Waals surface area contributed by atoms with Gasteiger partial charge in [0.1, 0.15) is 12.4 Å². The summed E-state index contributed by atoms with van der Waals surface area (Å²) in [6.45, 7) is 4.10. The normalized spacial score (nSPS) is 16.1. The van der Waals surface area contributed by atoms with E-state index < -0.39 is 0 Å². The minimum absolute atomic E-state index is 0.663. The molecule has 2 nitrogen and oxygen atoms in total. The van der Waals surface area contributed by atoms with E-state index in [1.807, 2.05) is 6.07 Å². The lowest BCUT2D eigenvalue weighted by atomic mass is 10.1. The largest absolute Gasteiger partial charge is 0.491 e. The first-order chi connectivity index (χ1) is 5.86. The zero-order valence-corrected chi connectivity index (χ0v) is 7.17. The molecule has 0 fully saturated rings. The fourth-order valence-corrected chi connectivity index (χ4v) is 1.35. The summed E-state index contributed by atoms with van der Waals surface area (Å²) in [4.78, 5) is 0.